The van der Waals surface area contributed by atoms with Crippen LogP contribution in [0, 0.1) is 0 Å². The van der Waals surface area contributed by atoms with E-state index in [2.05, 4.69) is 17.4 Å². The summed E-state index contributed by atoms with van der Waals surface area (Å²) in [5, 5.41) is 2.83. The fourth-order valence-electron chi connectivity index (χ4n) is 4.04. The van der Waals surface area contributed by atoms with Crippen LogP contribution in [0.4, 0.5) is 11.4 Å². The molecule has 0 aliphatic heterocycles. The van der Waals surface area contributed by atoms with Crippen LogP contribution in [0.5, 0.6) is 11.5 Å². The first kappa shape index (κ1) is 28.0. The fraction of sp³-hybridized carbons (Fsp3) is 0.0606. The van der Waals surface area contributed by atoms with Crippen LogP contribution in [0.3, 0.4) is 0 Å². The molecule has 0 bridgehead atoms. The Labute approximate surface area is 244 Å². The molecule has 41 heavy (non-hydrogen) atoms. The first-order chi connectivity index (χ1) is 20.0. The van der Waals surface area contributed by atoms with Gasteiger partial charge in [0, 0.05) is 16.3 Å². The van der Waals surface area contributed by atoms with E-state index in [-0.39, 0.29) is 4.90 Å². The summed E-state index contributed by atoms with van der Waals surface area (Å²) in [6.07, 6.45) is 0. The largest absolute Gasteiger partial charge is 0.457 e. The van der Waals surface area contributed by atoms with Gasteiger partial charge in [0.25, 0.3) is 10.0 Å². The zero-order chi connectivity index (χ0) is 28.5. The molecule has 0 saturated heterocycles. The number of amides is 1. The second-order valence-electron chi connectivity index (χ2n) is 9.08. The summed E-state index contributed by atoms with van der Waals surface area (Å²) in [6.45, 7) is -0.401. The van der Waals surface area contributed by atoms with Gasteiger partial charge < -0.3 is 10.1 Å². The van der Waals surface area contributed by atoms with Crippen LogP contribution in [-0.2, 0) is 20.6 Å². The topological polar surface area (TPSA) is 75.7 Å². The van der Waals surface area contributed by atoms with Crippen LogP contribution in [0.1, 0.15) is 5.56 Å². The van der Waals surface area contributed by atoms with Gasteiger partial charge in [0.1, 0.15) is 18.0 Å². The molecular formula is C33H28N2O4S2. The van der Waals surface area contributed by atoms with E-state index in [0.29, 0.717) is 22.9 Å². The third kappa shape index (κ3) is 7.57. The second kappa shape index (κ2) is 13.2. The van der Waals surface area contributed by atoms with Crippen molar-refractivity contribution in [3.05, 3.63) is 145 Å². The fourth-order valence-corrected chi connectivity index (χ4v) is 6.36. The first-order valence-corrected chi connectivity index (χ1v) is 15.4. The monoisotopic (exact) mass is 580 g/mol. The molecule has 6 nitrogen and oxygen atoms in total. The van der Waals surface area contributed by atoms with E-state index >= 15 is 0 Å². The minimum absolute atomic E-state index is 0.0951. The van der Waals surface area contributed by atoms with Crippen LogP contribution >= 0.6 is 11.8 Å². The molecule has 206 valence electrons. The van der Waals surface area contributed by atoms with Crippen molar-refractivity contribution in [2.45, 2.75) is 15.5 Å². The number of rotatable bonds is 11. The molecule has 0 aliphatic rings. The summed E-state index contributed by atoms with van der Waals surface area (Å²) in [7, 11) is -4.02. The van der Waals surface area contributed by atoms with Crippen LogP contribution in [0.15, 0.2) is 149 Å². The molecule has 0 spiro atoms. The minimum Gasteiger partial charge on any atom is -0.457 e. The van der Waals surface area contributed by atoms with Gasteiger partial charge in [-0.3, -0.25) is 9.10 Å². The maximum atomic E-state index is 13.6. The van der Waals surface area contributed by atoms with Gasteiger partial charge in [-0.2, -0.15) is 0 Å². The Hall–Kier alpha value is -4.53. The average Bonchev–Trinajstić information content (AvgIpc) is 3.01. The van der Waals surface area contributed by atoms with Crippen molar-refractivity contribution >= 4 is 39.1 Å². The number of benzene rings is 5. The van der Waals surface area contributed by atoms with E-state index in [1.165, 1.54) is 17.0 Å². The molecule has 5 aromatic rings. The van der Waals surface area contributed by atoms with Gasteiger partial charge in [0.2, 0.25) is 5.91 Å². The van der Waals surface area contributed by atoms with E-state index in [0.717, 1.165) is 15.6 Å². The van der Waals surface area contributed by atoms with Gasteiger partial charge in [-0.05, 0) is 78.4 Å². The number of nitrogens with one attached hydrogen (secondary N) is 1. The van der Waals surface area contributed by atoms with Gasteiger partial charge >= 0.3 is 0 Å². The zero-order valence-electron chi connectivity index (χ0n) is 22.1. The van der Waals surface area contributed by atoms with Crippen molar-refractivity contribution in [2.24, 2.45) is 0 Å². The molecule has 0 aliphatic carbocycles. The summed E-state index contributed by atoms with van der Waals surface area (Å²) in [4.78, 5) is 14.4. The Morgan fingerprint density at radius 2 is 1.24 bits per heavy atom. The summed E-state index contributed by atoms with van der Waals surface area (Å²) >= 11 is 1.73. The molecule has 1 N–H and O–H groups in total. The Kier molecular flexibility index (Phi) is 9.03. The Bertz CT molecular complexity index is 1660. The summed E-state index contributed by atoms with van der Waals surface area (Å²) in [5.74, 6) is 1.55. The maximum absolute atomic E-state index is 13.6. The highest BCUT2D eigenvalue weighted by atomic mass is 32.2. The van der Waals surface area contributed by atoms with E-state index in [1.54, 1.807) is 54.2 Å². The Balaban J connectivity index is 1.30. The van der Waals surface area contributed by atoms with Crippen molar-refractivity contribution in [1.29, 1.82) is 0 Å². The summed E-state index contributed by atoms with van der Waals surface area (Å²) in [6, 6.07) is 41.7. The SMILES string of the molecule is O=C(CN(c1ccc(Oc2ccccc2)cc1)S(=O)(=O)c1ccccc1)Nc1ccc(CSc2ccccc2)cc1. The van der Waals surface area contributed by atoms with Crippen LogP contribution in [0.2, 0.25) is 0 Å². The lowest BCUT2D eigenvalue weighted by atomic mass is 10.2. The molecule has 0 aromatic heterocycles. The molecule has 0 radical (unpaired) electrons. The van der Waals surface area contributed by atoms with Crippen molar-refractivity contribution < 1.29 is 17.9 Å². The third-order valence-electron chi connectivity index (χ3n) is 6.11. The number of anilines is 2. The van der Waals surface area contributed by atoms with Gasteiger partial charge in [-0.1, -0.05) is 66.7 Å². The van der Waals surface area contributed by atoms with Crippen LogP contribution in [-0.4, -0.2) is 20.9 Å². The molecule has 0 fully saturated rings. The van der Waals surface area contributed by atoms with Crippen molar-refractivity contribution in [1.82, 2.24) is 0 Å². The van der Waals surface area contributed by atoms with Gasteiger partial charge in [-0.15, -0.1) is 11.8 Å². The number of hydrogen-bond donors (Lipinski definition) is 1. The smallest absolute Gasteiger partial charge is 0.264 e. The molecule has 5 aromatic carbocycles. The quantitative estimate of drug-likeness (QED) is 0.163. The average molecular weight is 581 g/mol. The number of carbonyl (C=O) groups is 1. The highest BCUT2D eigenvalue weighted by Gasteiger charge is 2.27. The van der Waals surface area contributed by atoms with Crippen molar-refractivity contribution in [2.75, 3.05) is 16.2 Å². The van der Waals surface area contributed by atoms with Crippen molar-refractivity contribution in [3.8, 4) is 11.5 Å². The number of nitrogens with zero attached hydrogens (tertiary/aromatic N) is 1. The highest BCUT2D eigenvalue weighted by molar-refractivity contribution is 7.98. The lowest BCUT2D eigenvalue weighted by Gasteiger charge is -2.24. The predicted molar refractivity (Wildman–Crippen MR) is 165 cm³/mol. The first-order valence-electron chi connectivity index (χ1n) is 12.9. The summed E-state index contributed by atoms with van der Waals surface area (Å²) < 4.78 is 34.2. The lowest BCUT2D eigenvalue weighted by molar-refractivity contribution is -0.114. The standard InChI is InChI=1S/C33H28N2O4S2/c36-33(34-27-18-16-26(17-19-27)25-40-31-12-6-2-7-13-31)24-35(41(37,38)32-14-8-3-9-15-32)28-20-22-30(23-21-28)39-29-10-4-1-5-11-29/h1-23H,24-25H2,(H,34,36). The van der Waals surface area contributed by atoms with E-state index in [9.17, 15) is 13.2 Å². The number of carbonyl (C=O) groups excluding carboxylic acids is 1. The van der Waals surface area contributed by atoms with Crippen molar-refractivity contribution in [3.63, 3.8) is 0 Å². The van der Waals surface area contributed by atoms with Gasteiger partial charge in [0.05, 0.1) is 10.6 Å². The van der Waals surface area contributed by atoms with Crippen LogP contribution in [0.25, 0.3) is 0 Å². The number of ether oxygens (including phenoxy) is 1. The summed E-state index contributed by atoms with van der Waals surface area (Å²) in [5.41, 5.74) is 2.05. The molecule has 0 saturated carbocycles. The highest BCUT2D eigenvalue weighted by Crippen LogP contribution is 2.28. The van der Waals surface area contributed by atoms with Gasteiger partial charge in [-0.25, -0.2) is 8.42 Å². The number of hydrogen-bond acceptors (Lipinski definition) is 5. The predicted octanol–water partition coefficient (Wildman–Crippen LogP) is 7.61. The van der Waals surface area contributed by atoms with Gasteiger partial charge in [0.15, 0.2) is 0 Å². The van der Waals surface area contributed by atoms with E-state index in [4.69, 9.17) is 4.74 Å². The molecule has 5 rings (SSSR count). The number of thioether (sulfide) groups is 1. The Morgan fingerprint density at radius 3 is 1.88 bits per heavy atom. The van der Waals surface area contributed by atoms with E-state index in [1.807, 2.05) is 72.8 Å². The molecule has 8 heteroatoms. The minimum atomic E-state index is -4.02. The maximum Gasteiger partial charge on any atom is 0.264 e. The van der Waals surface area contributed by atoms with E-state index < -0.39 is 22.5 Å². The second-order valence-corrected chi connectivity index (χ2v) is 12.0. The molecule has 0 heterocycles. The number of sulfonamides is 1. The molecule has 0 atom stereocenters. The Morgan fingerprint density at radius 1 is 0.683 bits per heavy atom. The number of para-hydroxylation sites is 1. The molecule has 0 unspecified atom stereocenters. The third-order valence-corrected chi connectivity index (χ3v) is 8.98. The molecule has 1 amide bonds. The van der Waals surface area contributed by atoms with Crippen LogP contribution < -0.4 is 14.4 Å². The lowest BCUT2D eigenvalue weighted by Crippen LogP contribution is -2.38. The molecular weight excluding hydrogens is 553 g/mol. The normalized spacial score (nSPS) is 11.0. The zero-order valence-corrected chi connectivity index (χ0v) is 23.7.